The summed E-state index contributed by atoms with van der Waals surface area (Å²) >= 11 is 0. The monoisotopic (exact) mass is 449 g/mol. The highest BCUT2D eigenvalue weighted by Gasteiger charge is 2.34. The lowest BCUT2D eigenvalue weighted by Crippen LogP contribution is -2.43. The zero-order valence-corrected chi connectivity index (χ0v) is 17.9. The number of nitro groups is 1. The Morgan fingerprint density at radius 1 is 1.13 bits per heavy atom. The molecular formula is C20H23N3O7S. The Morgan fingerprint density at radius 2 is 1.77 bits per heavy atom. The molecule has 0 saturated carbocycles. The highest BCUT2D eigenvalue weighted by Crippen LogP contribution is 2.31. The molecule has 0 aromatic heterocycles. The van der Waals surface area contributed by atoms with E-state index in [9.17, 15) is 23.3 Å². The zero-order chi connectivity index (χ0) is 22.6. The Labute approximate surface area is 180 Å². The fourth-order valence-electron chi connectivity index (χ4n) is 3.40. The highest BCUT2D eigenvalue weighted by molar-refractivity contribution is 7.89. The lowest BCUT2D eigenvalue weighted by molar-refractivity contribution is -0.384. The smallest absolute Gasteiger partial charge is 0.296 e. The number of anilines is 1. The van der Waals surface area contributed by atoms with Crippen molar-refractivity contribution in [3.63, 3.8) is 0 Å². The lowest BCUT2D eigenvalue weighted by Gasteiger charge is -2.31. The van der Waals surface area contributed by atoms with Crippen molar-refractivity contribution in [1.29, 1.82) is 0 Å². The highest BCUT2D eigenvalue weighted by atomic mass is 32.2. The number of amides is 1. The van der Waals surface area contributed by atoms with E-state index in [4.69, 9.17) is 9.47 Å². The largest absolute Gasteiger partial charge is 0.497 e. The van der Waals surface area contributed by atoms with Crippen molar-refractivity contribution in [2.24, 2.45) is 5.92 Å². The first-order chi connectivity index (χ1) is 14.8. The molecule has 11 heteroatoms. The van der Waals surface area contributed by atoms with Gasteiger partial charge in [-0.15, -0.1) is 0 Å². The van der Waals surface area contributed by atoms with Crippen molar-refractivity contribution in [1.82, 2.24) is 4.31 Å². The first-order valence-electron chi connectivity index (χ1n) is 9.53. The Hall–Kier alpha value is -3.18. The van der Waals surface area contributed by atoms with E-state index in [1.54, 1.807) is 12.1 Å². The van der Waals surface area contributed by atoms with Gasteiger partial charge in [-0.3, -0.25) is 14.9 Å². The molecule has 1 N–H and O–H groups in total. The predicted octanol–water partition coefficient (Wildman–Crippen LogP) is 2.65. The van der Waals surface area contributed by atoms with Crippen LogP contribution in [-0.4, -0.2) is 50.9 Å². The number of hydrogen-bond donors (Lipinski definition) is 1. The molecule has 1 heterocycles. The molecule has 166 valence electrons. The SMILES string of the molecule is COc1ccc(S(=O)(=O)N2CCCC(C(=O)Nc3ccc(OC)cc3[N+](=O)[O-])C2)cc1. The molecule has 1 aliphatic heterocycles. The fourth-order valence-corrected chi connectivity index (χ4v) is 4.93. The van der Waals surface area contributed by atoms with E-state index in [0.717, 1.165) is 0 Å². The summed E-state index contributed by atoms with van der Waals surface area (Å²) in [4.78, 5) is 23.6. The maximum Gasteiger partial charge on any atom is 0.296 e. The molecule has 1 unspecified atom stereocenters. The van der Waals surface area contributed by atoms with E-state index >= 15 is 0 Å². The number of carbonyl (C=O) groups excluding carboxylic acids is 1. The number of sulfonamides is 1. The van der Waals surface area contributed by atoms with Crippen LogP contribution in [0.4, 0.5) is 11.4 Å². The van der Waals surface area contributed by atoms with Gasteiger partial charge in [-0.2, -0.15) is 4.31 Å². The van der Waals surface area contributed by atoms with Crippen molar-refractivity contribution in [3.8, 4) is 11.5 Å². The quantitative estimate of drug-likeness (QED) is 0.508. The minimum Gasteiger partial charge on any atom is -0.497 e. The molecule has 0 spiro atoms. The average molecular weight is 449 g/mol. The molecule has 1 aliphatic rings. The molecule has 10 nitrogen and oxygen atoms in total. The summed E-state index contributed by atoms with van der Waals surface area (Å²) in [6, 6.07) is 10.1. The number of nitro benzene ring substituents is 1. The number of hydrogen-bond acceptors (Lipinski definition) is 7. The van der Waals surface area contributed by atoms with Gasteiger partial charge in [0.15, 0.2) is 0 Å². The Bertz CT molecular complexity index is 1070. The van der Waals surface area contributed by atoms with E-state index in [2.05, 4.69) is 5.32 Å². The first kappa shape index (κ1) is 22.5. The third kappa shape index (κ3) is 4.94. The molecule has 31 heavy (non-hydrogen) atoms. The molecule has 0 aliphatic carbocycles. The van der Waals surface area contributed by atoms with Gasteiger partial charge in [0.2, 0.25) is 15.9 Å². The van der Waals surface area contributed by atoms with Crippen LogP contribution in [0.25, 0.3) is 0 Å². The van der Waals surface area contributed by atoms with Gasteiger partial charge in [0.25, 0.3) is 5.69 Å². The van der Waals surface area contributed by atoms with Gasteiger partial charge in [-0.05, 0) is 49.2 Å². The van der Waals surface area contributed by atoms with Crippen molar-refractivity contribution >= 4 is 27.3 Å². The molecule has 3 rings (SSSR count). The standard InChI is InChI=1S/C20H23N3O7S/c1-29-15-5-8-17(9-6-15)31(27,28)22-11-3-4-14(13-22)20(24)21-18-10-7-16(30-2)12-19(18)23(25)26/h5-10,12,14H,3-4,11,13H2,1-2H3,(H,21,24). The van der Waals surface area contributed by atoms with Gasteiger partial charge in [-0.25, -0.2) is 8.42 Å². The fraction of sp³-hybridized carbons (Fsp3) is 0.350. The van der Waals surface area contributed by atoms with Crippen LogP contribution < -0.4 is 14.8 Å². The maximum absolute atomic E-state index is 13.0. The normalized spacial score (nSPS) is 17.0. The van der Waals surface area contributed by atoms with E-state index in [-0.39, 0.29) is 22.8 Å². The molecule has 1 amide bonds. The average Bonchev–Trinajstić information content (AvgIpc) is 2.79. The molecule has 0 bridgehead atoms. The number of rotatable bonds is 7. The lowest BCUT2D eigenvalue weighted by atomic mass is 9.98. The summed E-state index contributed by atoms with van der Waals surface area (Å²) in [5.74, 6) is -0.276. The maximum atomic E-state index is 13.0. The second kappa shape index (κ2) is 9.31. The summed E-state index contributed by atoms with van der Waals surface area (Å²) < 4.78 is 37.3. The number of methoxy groups -OCH3 is 2. The van der Waals surface area contributed by atoms with Gasteiger partial charge >= 0.3 is 0 Å². The third-order valence-electron chi connectivity index (χ3n) is 5.11. The van der Waals surface area contributed by atoms with Gasteiger partial charge in [0, 0.05) is 13.1 Å². The molecule has 2 aromatic rings. The molecule has 2 aromatic carbocycles. The van der Waals surface area contributed by atoms with Gasteiger partial charge in [0.05, 0.1) is 36.0 Å². The van der Waals surface area contributed by atoms with Crippen LogP contribution >= 0.6 is 0 Å². The van der Waals surface area contributed by atoms with Crippen molar-refractivity contribution in [3.05, 3.63) is 52.6 Å². The van der Waals surface area contributed by atoms with Crippen LogP contribution in [0.2, 0.25) is 0 Å². The molecular weight excluding hydrogens is 426 g/mol. The Kier molecular flexibility index (Phi) is 6.76. The predicted molar refractivity (Wildman–Crippen MR) is 113 cm³/mol. The topological polar surface area (TPSA) is 128 Å². The molecule has 1 atom stereocenters. The Balaban J connectivity index is 1.76. The number of nitrogens with one attached hydrogen (secondary N) is 1. The van der Waals surface area contributed by atoms with Crippen molar-refractivity contribution in [2.45, 2.75) is 17.7 Å². The summed E-state index contributed by atoms with van der Waals surface area (Å²) in [5.41, 5.74) is -0.267. The van der Waals surface area contributed by atoms with Crippen molar-refractivity contribution in [2.75, 3.05) is 32.6 Å². The summed E-state index contributed by atoms with van der Waals surface area (Å²) in [7, 11) is -0.907. The second-order valence-electron chi connectivity index (χ2n) is 7.01. The van der Waals surface area contributed by atoms with Crippen molar-refractivity contribution < 1.29 is 27.6 Å². The van der Waals surface area contributed by atoms with Gasteiger partial charge in [0.1, 0.15) is 17.2 Å². The van der Waals surface area contributed by atoms with Crippen LogP contribution in [0.3, 0.4) is 0 Å². The van der Waals surface area contributed by atoms with E-state index in [0.29, 0.717) is 30.9 Å². The molecule has 1 fully saturated rings. The second-order valence-corrected chi connectivity index (χ2v) is 8.95. The number of benzene rings is 2. The number of piperidine rings is 1. The van der Waals surface area contributed by atoms with Gasteiger partial charge < -0.3 is 14.8 Å². The summed E-state index contributed by atoms with van der Waals surface area (Å²) in [6.45, 7) is 0.283. The summed E-state index contributed by atoms with van der Waals surface area (Å²) in [6.07, 6.45) is 0.975. The first-order valence-corrected chi connectivity index (χ1v) is 11.0. The van der Waals surface area contributed by atoms with E-state index in [1.807, 2.05) is 0 Å². The van der Waals surface area contributed by atoms with E-state index in [1.165, 1.54) is 48.9 Å². The van der Waals surface area contributed by atoms with Crippen LogP contribution in [0.15, 0.2) is 47.4 Å². The van der Waals surface area contributed by atoms with Crippen LogP contribution in [0.1, 0.15) is 12.8 Å². The van der Waals surface area contributed by atoms with Gasteiger partial charge in [-0.1, -0.05) is 0 Å². The minimum atomic E-state index is -3.78. The number of carbonyl (C=O) groups is 1. The van der Waals surface area contributed by atoms with Crippen LogP contribution in [0.5, 0.6) is 11.5 Å². The van der Waals surface area contributed by atoms with Crippen LogP contribution in [-0.2, 0) is 14.8 Å². The number of ether oxygens (including phenoxy) is 2. The van der Waals surface area contributed by atoms with Crippen LogP contribution in [0, 0.1) is 16.0 Å². The Morgan fingerprint density at radius 3 is 2.39 bits per heavy atom. The van der Waals surface area contributed by atoms with E-state index < -0.39 is 26.8 Å². The number of nitrogens with zero attached hydrogens (tertiary/aromatic N) is 2. The molecule has 0 radical (unpaired) electrons. The minimum absolute atomic E-state index is 0.00977. The molecule has 1 saturated heterocycles. The zero-order valence-electron chi connectivity index (χ0n) is 17.1. The summed E-state index contributed by atoms with van der Waals surface area (Å²) in [5, 5.41) is 13.9. The third-order valence-corrected chi connectivity index (χ3v) is 6.99.